The predicted molar refractivity (Wildman–Crippen MR) is 57.2 cm³/mol. The van der Waals surface area contributed by atoms with Gasteiger partial charge in [-0.2, -0.15) is 0 Å². The van der Waals surface area contributed by atoms with Crippen molar-refractivity contribution in [1.82, 2.24) is 0 Å². The number of amides is 1. The molecule has 0 spiro atoms. The Labute approximate surface area is 88.3 Å². The van der Waals surface area contributed by atoms with E-state index in [1.165, 1.54) is 7.11 Å². The van der Waals surface area contributed by atoms with Crippen LogP contribution in [0.3, 0.4) is 0 Å². The molecular weight excluding hydrogens is 194 g/mol. The van der Waals surface area contributed by atoms with E-state index in [0.29, 0.717) is 23.7 Å². The van der Waals surface area contributed by atoms with Crippen molar-refractivity contribution < 1.29 is 14.3 Å². The molecule has 0 aliphatic carbocycles. The average molecular weight is 207 g/mol. The quantitative estimate of drug-likeness (QED) is 0.741. The lowest BCUT2D eigenvalue weighted by atomic mass is 10.2. The van der Waals surface area contributed by atoms with Crippen molar-refractivity contribution in [1.29, 1.82) is 0 Å². The molecule has 0 aromatic heterocycles. The van der Waals surface area contributed by atoms with Gasteiger partial charge in [0, 0.05) is 5.56 Å². The molecule has 0 aliphatic rings. The summed E-state index contributed by atoms with van der Waals surface area (Å²) in [5.41, 5.74) is 5.52. The minimum Gasteiger partial charge on any atom is -0.493 e. The van der Waals surface area contributed by atoms with Gasteiger partial charge in [-0.05, 0) is 18.2 Å². The third-order valence-corrected chi connectivity index (χ3v) is 1.80. The van der Waals surface area contributed by atoms with Crippen LogP contribution in [-0.2, 0) is 0 Å². The van der Waals surface area contributed by atoms with Crippen LogP contribution in [0.5, 0.6) is 11.5 Å². The molecule has 4 nitrogen and oxygen atoms in total. The Morgan fingerprint density at radius 2 is 2.27 bits per heavy atom. The summed E-state index contributed by atoms with van der Waals surface area (Å²) in [5, 5.41) is 0. The fraction of sp³-hybridized carbons (Fsp3) is 0.182. The molecule has 0 atom stereocenters. The maximum Gasteiger partial charge on any atom is 0.248 e. The second kappa shape index (κ2) is 5.05. The number of hydrogen-bond acceptors (Lipinski definition) is 3. The maximum atomic E-state index is 10.9. The van der Waals surface area contributed by atoms with Crippen LogP contribution in [0.1, 0.15) is 10.4 Å². The summed E-state index contributed by atoms with van der Waals surface area (Å²) >= 11 is 0. The second-order valence-corrected chi connectivity index (χ2v) is 2.83. The van der Waals surface area contributed by atoms with Crippen LogP contribution in [0.4, 0.5) is 0 Å². The summed E-state index contributed by atoms with van der Waals surface area (Å²) in [6.07, 6.45) is 1.63. The van der Waals surface area contributed by atoms with E-state index < -0.39 is 5.91 Å². The summed E-state index contributed by atoms with van der Waals surface area (Å²) < 4.78 is 10.4. The molecule has 1 aromatic rings. The first-order valence-corrected chi connectivity index (χ1v) is 4.40. The number of nitrogens with two attached hydrogens (primary N) is 1. The third-order valence-electron chi connectivity index (χ3n) is 1.80. The fourth-order valence-electron chi connectivity index (χ4n) is 1.09. The van der Waals surface area contributed by atoms with E-state index in [0.717, 1.165) is 0 Å². The van der Waals surface area contributed by atoms with Gasteiger partial charge in [0.1, 0.15) is 6.61 Å². The number of primary amides is 1. The molecule has 0 bridgehead atoms. The summed E-state index contributed by atoms with van der Waals surface area (Å²) in [5.74, 6) is 0.541. The number of benzene rings is 1. The van der Waals surface area contributed by atoms with Crippen LogP contribution in [0.25, 0.3) is 0 Å². The molecule has 0 fully saturated rings. The molecule has 4 heteroatoms. The van der Waals surface area contributed by atoms with Gasteiger partial charge in [-0.3, -0.25) is 4.79 Å². The lowest BCUT2D eigenvalue weighted by Gasteiger charge is -2.09. The lowest BCUT2D eigenvalue weighted by Crippen LogP contribution is -2.11. The van der Waals surface area contributed by atoms with Crippen molar-refractivity contribution in [3.8, 4) is 11.5 Å². The van der Waals surface area contributed by atoms with Crippen molar-refractivity contribution >= 4 is 5.91 Å². The second-order valence-electron chi connectivity index (χ2n) is 2.83. The fourth-order valence-corrected chi connectivity index (χ4v) is 1.09. The largest absolute Gasteiger partial charge is 0.493 e. The topological polar surface area (TPSA) is 61.5 Å². The molecule has 15 heavy (non-hydrogen) atoms. The third kappa shape index (κ3) is 2.74. The van der Waals surface area contributed by atoms with E-state index >= 15 is 0 Å². The first-order chi connectivity index (χ1) is 7.19. The van der Waals surface area contributed by atoms with Crippen LogP contribution in [-0.4, -0.2) is 19.6 Å². The molecule has 0 heterocycles. The summed E-state index contributed by atoms with van der Waals surface area (Å²) in [7, 11) is 1.50. The Bertz CT molecular complexity index is 374. The maximum absolute atomic E-state index is 10.9. The average Bonchev–Trinajstić information content (AvgIpc) is 2.25. The van der Waals surface area contributed by atoms with E-state index in [2.05, 4.69) is 6.58 Å². The van der Waals surface area contributed by atoms with Crippen LogP contribution in [0.15, 0.2) is 30.9 Å². The Morgan fingerprint density at radius 1 is 1.53 bits per heavy atom. The number of hydrogen-bond donors (Lipinski definition) is 1. The SMILES string of the molecule is C=CCOc1ccc(C(N)=O)cc1OC. The van der Waals surface area contributed by atoms with Gasteiger partial charge in [-0.15, -0.1) is 0 Å². The highest BCUT2D eigenvalue weighted by Gasteiger charge is 2.07. The molecule has 1 rings (SSSR count). The number of rotatable bonds is 5. The number of carbonyl (C=O) groups is 1. The van der Waals surface area contributed by atoms with Gasteiger partial charge >= 0.3 is 0 Å². The van der Waals surface area contributed by atoms with Gasteiger partial charge in [0.15, 0.2) is 11.5 Å². The van der Waals surface area contributed by atoms with Crippen LogP contribution < -0.4 is 15.2 Å². The van der Waals surface area contributed by atoms with E-state index in [1.807, 2.05) is 0 Å². The van der Waals surface area contributed by atoms with Crippen molar-refractivity contribution in [2.45, 2.75) is 0 Å². The molecule has 1 amide bonds. The summed E-state index contributed by atoms with van der Waals surface area (Å²) in [4.78, 5) is 10.9. The van der Waals surface area contributed by atoms with Crippen molar-refractivity contribution in [2.75, 3.05) is 13.7 Å². The number of methoxy groups -OCH3 is 1. The molecule has 80 valence electrons. The zero-order valence-corrected chi connectivity index (χ0v) is 8.53. The Kier molecular flexibility index (Phi) is 3.74. The molecule has 1 aromatic carbocycles. The van der Waals surface area contributed by atoms with Crippen LogP contribution >= 0.6 is 0 Å². The highest BCUT2D eigenvalue weighted by molar-refractivity contribution is 5.93. The Hall–Kier alpha value is -1.97. The van der Waals surface area contributed by atoms with Crippen LogP contribution in [0, 0.1) is 0 Å². The first-order valence-electron chi connectivity index (χ1n) is 4.40. The molecule has 2 N–H and O–H groups in total. The Balaban J connectivity index is 2.97. The van der Waals surface area contributed by atoms with Gasteiger partial charge in [-0.1, -0.05) is 12.7 Å². The van der Waals surface area contributed by atoms with Crippen LogP contribution in [0.2, 0.25) is 0 Å². The monoisotopic (exact) mass is 207 g/mol. The highest BCUT2D eigenvalue weighted by Crippen LogP contribution is 2.27. The van der Waals surface area contributed by atoms with E-state index in [9.17, 15) is 4.79 Å². The number of ether oxygens (including phenoxy) is 2. The van der Waals surface area contributed by atoms with Crippen molar-refractivity contribution in [3.63, 3.8) is 0 Å². The molecule has 0 radical (unpaired) electrons. The standard InChI is InChI=1S/C11H13NO3/c1-3-6-15-9-5-4-8(11(12)13)7-10(9)14-2/h3-5,7H,1,6H2,2H3,(H2,12,13). The summed E-state index contributed by atoms with van der Waals surface area (Å²) in [6, 6.07) is 4.77. The minimum absolute atomic E-state index is 0.381. The lowest BCUT2D eigenvalue weighted by molar-refractivity contribution is 0.1000. The van der Waals surface area contributed by atoms with E-state index in [-0.39, 0.29) is 0 Å². The molecule has 0 saturated carbocycles. The highest BCUT2D eigenvalue weighted by atomic mass is 16.5. The first kappa shape index (κ1) is 11.1. The van der Waals surface area contributed by atoms with Crippen molar-refractivity contribution in [2.24, 2.45) is 5.73 Å². The van der Waals surface area contributed by atoms with Crippen molar-refractivity contribution in [3.05, 3.63) is 36.4 Å². The van der Waals surface area contributed by atoms with Gasteiger partial charge in [0.25, 0.3) is 0 Å². The van der Waals surface area contributed by atoms with Gasteiger partial charge in [0.05, 0.1) is 7.11 Å². The smallest absolute Gasteiger partial charge is 0.248 e. The van der Waals surface area contributed by atoms with Gasteiger partial charge < -0.3 is 15.2 Å². The molecular formula is C11H13NO3. The molecule has 0 aliphatic heterocycles. The predicted octanol–water partition coefficient (Wildman–Crippen LogP) is 1.36. The van der Waals surface area contributed by atoms with E-state index in [1.54, 1.807) is 24.3 Å². The molecule has 0 unspecified atom stereocenters. The van der Waals surface area contributed by atoms with Gasteiger partial charge in [-0.25, -0.2) is 0 Å². The molecule has 0 saturated heterocycles. The zero-order valence-electron chi connectivity index (χ0n) is 8.53. The Morgan fingerprint density at radius 3 is 2.80 bits per heavy atom. The minimum atomic E-state index is -0.497. The number of carbonyl (C=O) groups excluding carboxylic acids is 1. The zero-order chi connectivity index (χ0) is 11.3. The summed E-state index contributed by atoms with van der Waals surface area (Å²) in [6.45, 7) is 3.92. The normalized spacial score (nSPS) is 9.40. The van der Waals surface area contributed by atoms with E-state index in [4.69, 9.17) is 15.2 Å². The van der Waals surface area contributed by atoms with Gasteiger partial charge in [0.2, 0.25) is 5.91 Å².